The topological polar surface area (TPSA) is 61.8 Å². The van der Waals surface area contributed by atoms with E-state index in [1.165, 1.54) is 0 Å². The summed E-state index contributed by atoms with van der Waals surface area (Å²) in [6.07, 6.45) is 2.57. The molecule has 0 amide bonds. The molecule has 5 nitrogen and oxygen atoms in total. The fraction of sp³-hybridized carbons (Fsp3) is 0.714. The van der Waals surface area contributed by atoms with E-state index in [4.69, 9.17) is 13.9 Å². The minimum absolute atomic E-state index is 0.163. The minimum atomic E-state index is -1.77. The number of esters is 2. The molecular formula is C14H26O5Si. The monoisotopic (exact) mass is 302 g/mol. The first-order valence-electron chi connectivity index (χ1n) is 6.97. The van der Waals surface area contributed by atoms with Crippen LogP contribution in [-0.2, 0) is 23.5 Å². The molecule has 0 aliphatic carbocycles. The fourth-order valence-electron chi connectivity index (χ4n) is 1.46. The Labute approximate surface area is 122 Å². The Morgan fingerprint density at radius 2 is 1.50 bits per heavy atom. The van der Waals surface area contributed by atoms with E-state index in [2.05, 4.69) is 19.6 Å². The van der Waals surface area contributed by atoms with E-state index < -0.39 is 8.32 Å². The maximum absolute atomic E-state index is 11.4. The molecule has 0 aliphatic heterocycles. The smallest absolute Gasteiger partial charge is 0.309 e. The summed E-state index contributed by atoms with van der Waals surface area (Å²) in [5.41, 5.74) is 0. The van der Waals surface area contributed by atoms with Crippen molar-refractivity contribution in [3.8, 4) is 0 Å². The Balaban J connectivity index is 4.52. The van der Waals surface area contributed by atoms with Crippen LogP contribution in [0.5, 0.6) is 0 Å². The van der Waals surface area contributed by atoms with Crippen molar-refractivity contribution in [1.82, 2.24) is 0 Å². The van der Waals surface area contributed by atoms with Crippen molar-refractivity contribution in [2.24, 2.45) is 0 Å². The van der Waals surface area contributed by atoms with Crippen molar-refractivity contribution in [2.75, 3.05) is 13.2 Å². The lowest BCUT2D eigenvalue weighted by molar-refractivity contribution is -0.143. The second-order valence-electron chi connectivity index (χ2n) is 5.20. The first-order valence-corrected chi connectivity index (χ1v) is 10.4. The number of carbonyl (C=O) groups excluding carboxylic acids is 2. The molecule has 116 valence electrons. The van der Waals surface area contributed by atoms with Crippen molar-refractivity contribution in [3.05, 3.63) is 11.8 Å². The zero-order valence-electron chi connectivity index (χ0n) is 13.2. The van der Waals surface area contributed by atoms with E-state index >= 15 is 0 Å². The molecule has 0 aromatic rings. The van der Waals surface area contributed by atoms with Crippen LogP contribution in [0.3, 0.4) is 0 Å². The Morgan fingerprint density at radius 1 is 0.950 bits per heavy atom. The van der Waals surface area contributed by atoms with Crippen LogP contribution in [0.4, 0.5) is 0 Å². The van der Waals surface area contributed by atoms with E-state index in [0.717, 1.165) is 0 Å². The van der Waals surface area contributed by atoms with Crippen LogP contribution in [0, 0.1) is 0 Å². The number of carbonyl (C=O) groups is 2. The van der Waals surface area contributed by atoms with Gasteiger partial charge in [-0.1, -0.05) is 0 Å². The molecule has 0 aliphatic rings. The van der Waals surface area contributed by atoms with E-state index in [-0.39, 0.29) is 24.8 Å². The summed E-state index contributed by atoms with van der Waals surface area (Å²) in [6, 6.07) is 0. The van der Waals surface area contributed by atoms with Crippen LogP contribution in [-0.4, -0.2) is 33.5 Å². The molecule has 0 radical (unpaired) electrons. The van der Waals surface area contributed by atoms with E-state index in [1.54, 1.807) is 19.9 Å². The lowest BCUT2D eigenvalue weighted by Gasteiger charge is -2.21. The molecule has 0 saturated carbocycles. The third kappa shape index (κ3) is 10.6. The summed E-state index contributed by atoms with van der Waals surface area (Å²) in [5.74, 6) is 0.124. The molecule has 6 heteroatoms. The molecule has 0 heterocycles. The highest BCUT2D eigenvalue weighted by atomic mass is 28.4. The number of rotatable bonds is 9. The van der Waals surface area contributed by atoms with Gasteiger partial charge in [0.2, 0.25) is 8.32 Å². The number of allylic oxidation sites excluding steroid dienone is 1. The van der Waals surface area contributed by atoms with Gasteiger partial charge >= 0.3 is 11.9 Å². The number of hydrogen-bond acceptors (Lipinski definition) is 5. The van der Waals surface area contributed by atoms with Crippen LogP contribution < -0.4 is 0 Å². The molecule has 0 aromatic carbocycles. The Bertz CT molecular complexity index is 344. The van der Waals surface area contributed by atoms with Crippen molar-refractivity contribution >= 4 is 20.3 Å². The molecule has 0 aromatic heterocycles. The first kappa shape index (κ1) is 18.7. The van der Waals surface area contributed by atoms with Crippen LogP contribution in [0.2, 0.25) is 19.6 Å². The summed E-state index contributed by atoms with van der Waals surface area (Å²) >= 11 is 0. The van der Waals surface area contributed by atoms with Crippen LogP contribution in [0.1, 0.15) is 33.1 Å². The average molecular weight is 302 g/mol. The second-order valence-corrected chi connectivity index (χ2v) is 9.63. The summed E-state index contributed by atoms with van der Waals surface area (Å²) in [6.45, 7) is 10.4. The van der Waals surface area contributed by atoms with Gasteiger partial charge in [0.1, 0.15) is 0 Å². The predicted molar refractivity (Wildman–Crippen MR) is 79.6 cm³/mol. The van der Waals surface area contributed by atoms with Crippen LogP contribution >= 0.6 is 0 Å². The van der Waals surface area contributed by atoms with Gasteiger partial charge in [0.05, 0.1) is 31.8 Å². The standard InChI is InChI=1S/C14H26O5Si/c1-6-17-13(15)10-8-12(19-20(3,4)5)9-11-14(16)18-7-2/h8H,6-7,9-11H2,1-5H3/b12-8+. The van der Waals surface area contributed by atoms with Gasteiger partial charge in [0.15, 0.2) is 0 Å². The molecule has 0 bridgehead atoms. The molecule has 0 atom stereocenters. The van der Waals surface area contributed by atoms with Gasteiger partial charge in [-0.25, -0.2) is 0 Å². The molecule has 0 N–H and O–H groups in total. The van der Waals surface area contributed by atoms with E-state index in [0.29, 0.717) is 25.4 Å². The van der Waals surface area contributed by atoms with Crippen molar-refractivity contribution in [2.45, 2.75) is 52.8 Å². The summed E-state index contributed by atoms with van der Waals surface area (Å²) < 4.78 is 15.6. The van der Waals surface area contributed by atoms with Gasteiger partial charge in [-0.05, 0) is 39.6 Å². The lowest BCUT2D eigenvalue weighted by atomic mass is 10.2. The minimum Gasteiger partial charge on any atom is -0.548 e. The SMILES string of the molecule is CCOC(=O)C/C=C(\CCC(=O)OCC)O[Si](C)(C)C. The van der Waals surface area contributed by atoms with Gasteiger partial charge in [-0.3, -0.25) is 9.59 Å². The number of hydrogen-bond donors (Lipinski definition) is 0. The Kier molecular flexibility index (Phi) is 8.95. The largest absolute Gasteiger partial charge is 0.548 e. The first-order chi connectivity index (χ1) is 9.28. The fourth-order valence-corrected chi connectivity index (χ4v) is 2.44. The van der Waals surface area contributed by atoms with Crippen molar-refractivity contribution < 1.29 is 23.5 Å². The molecular weight excluding hydrogens is 276 g/mol. The maximum Gasteiger partial charge on any atom is 0.309 e. The van der Waals surface area contributed by atoms with Gasteiger partial charge < -0.3 is 13.9 Å². The van der Waals surface area contributed by atoms with Gasteiger partial charge in [-0.2, -0.15) is 0 Å². The molecule has 20 heavy (non-hydrogen) atoms. The maximum atomic E-state index is 11.4. The van der Waals surface area contributed by atoms with Crippen LogP contribution in [0.15, 0.2) is 11.8 Å². The zero-order chi connectivity index (χ0) is 15.6. The van der Waals surface area contributed by atoms with E-state index in [9.17, 15) is 9.59 Å². The Morgan fingerprint density at radius 3 is 2.00 bits per heavy atom. The average Bonchev–Trinajstić information content (AvgIpc) is 2.32. The quantitative estimate of drug-likeness (QED) is 0.372. The predicted octanol–water partition coefficient (Wildman–Crippen LogP) is 3.02. The Hall–Kier alpha value is -1.30. The zero-order valence-corrected chi connectivity index (χ0v) is 14.2. The highest BCUT2D eigenvalue weighted by molar-refractivity contribution is 6.70. The van der Waals surface area contributed by atoms with Gasteiger partial charge in [0, 0.05) is 6.42 Å². The summed E-state index contributed by atoms with van der Waals surface area (Å²) in [5, 5.41) is 0. The third-order valence-electron chi connectivity index (χ3n) is 2.12. The summed E-state index contributed by atoms with van der Waals surface area (Å²) in [7, 11) is -1.77. The van der Waals surface area contributed by atoms with Gasteiger partial charge in [0.25, 0.3) is 0 Å². The normalized spacial score (nSPS) is 11.9. The van der Waals surface area contributed by atoms with E-state index in [1.807, 2.05) is 0 Å². The second kappa shape index (κ2) is 9.58. The van der Waals surface area contributed by atoms with Crippen molar-refractivity contribution in [1.29, 1.82) is 0 Å². The molecule has 0 saturated heterocycles. The van der Waals surface area contributed by atoms with Gasteiger partial charge in [-0.15, -0.1) is 0 Å². The third-order valence-corrected chi connectivity index (χ3v) is 2.99. The molecule has 0 fully saturated rings. The molecule has 0 rings (SSSR count). The highest BCUT2D eigenvalue weighted by Crippen LogP contribution is 2.16. The van der Waals surface area contributed by atoms with Crippen molar-refractivity contribution in [3.63, 3.8) is 0 Å². The van der Waals surface area contributed by atoms with Crippen LogP contribution in [0.25, 0.3) is 0 Å². The molecule has 0 unspecified atom stereocenters. The molecule has 0 spiro atoms. The number of ether oxygens (including phenoxy) is 2. The highest BCUT2D eigenvalue weighted by Gasteiger charge is 2.18. The summed E-state index contributed by atoms with van der Waals surface area (Å²) in [4.78, 5) is 22.7. The lowest BCUT2D eigenvalue weighted by Crippen LogP contribution is -2.25.